The molecule has 96 valence electrons. The van der Waals surface area contributed by atoms with Gasteiger partial charge in [-0.15, -0.1) is 0 Å². The van der Waals surface area contributed by atoms with Crippen LogP contribution in [0.1, 0.15) is 33.1 Å². The summed E-state index contributed by atoms with van der Waals surface area (Å²) in [6, 6.07) is 0. The van der Waals surface area contributed by atoms with E-state index in [9.17, 15) is 13.5 Å². The molecule has 0 aromatic carbocycles. The van der Waals surface area contributed by atoms with E-state index in [4.69, 9.17) is 5.73 Å². The quantitative estimate of drug-likeness (QED) is 0.762. The van der Waals surface area contributed by atoms with E-state index in [1.165, 1.54) is 6.26 Å². The van der Waals surface area contributed by atoms with Crippen molar-refractivity contribution in [3.8, 4) is 0 Å². The maximum Gasteiger partial charge on any atom is 0.147 e. The lowest BCUT2D eigenvalue weighted by atomic mass is 9.76. The minimum absolute atomic E-state index is 0.108. The Labute approximate surface area is 98.1 Å². The number of sulfone groups is 1. The number of aliphatic hydroxyl groups excluding tert-OH is 1. The van der Waals surface area contributed by atoms with Gasteiger partial charge < -0.3 is 10.8 Å². The van der Waals surface area contributed by atoms with E-state index in [1.807, 2.05) is 13.8 Å². The maximum atomic E-state index is 11.2. The zero-order valence-corrected chi connectivity index (χ0v) is 11.2. The van der Waals surface area contributed by atoms with Gasteiger partial charge in [-0.1, -0.05) is 13.8 Å². The molecule has 0 saturated heterocycles. The van der Waals surface area contributed by atoms with Crippen LogP contribution in [0.3, 0.4) is 0 Å². The van der Waals surface area contributed by atoms with E-state index in [0.717, 1.165) is 12.8 Å². The minimum Gasteiger partial charge on any atom is -0.392 e. The molecule has 0 aromatic heterocycles. The largest absolute Gasteiger partial charge is 0.392 e. The van der Waals surface area contributed by atoms with Gasteiger partial charge in [0.25, 0.3) is 0 Å². The van der Waals surface area contributed by atoms with E-state index in [2.05, 4.69) is 0 Å². The minimum atomic E-state index is -2.99. The van der Waals surface area contributed by atoms with E-state index in [0.29, 0.717) is 13.0 Å². The van der Waals surface area contributed by atoms with Gasteiger partial charge in [-0.25, -0.2) is 8.42 Å². The van der Waals surface area contributed by atoms with Crippen LogP contribution in [0, 0.1) is 10.8 Å². The van der Waals surface area contributed by atoms with Crippen LogP contribution >= 0.6 is 0 Å². The summed E-state index contributed by atoms with van der Waals surface area (Å²) in [5.74, 6) is 0.108. The molecule has 16 heavy (non-hydrogen) atoms. The third kappa shape index (κ3) is 2.76. The molecule has 1 rings (SSSR count). The fourth-order valence-corrected chi connectivity index (χ4v) is 3.42. The summed E-state index contributed by atoms with van der Waals surface area (Å²) in [6.07, 6.45) is 2.89. The lowest BCUT2D eigenvalue weighted by Crippen LogP contribution is -2.43. The number of rotatable bonds is 4. The number of hydrogen-bond donors (Lipinski definition) is 2. The molecule has 0 aliphatic heterocycles. The van der Waals surface area contributed by atoms with Gasteiger partial charge in [0.05, 0.1) is 11.9 Å². The Bertz CT molecular complexity index is 350. The van der Waals surface area contributed by atoms with Crippen molar-refractivity contribution in [2.75, 3.05) is 18.6 Å². The smallest absolute Gasteiger partial charge is 0.147 e. The Hall–Kier alpha value is -0.130. The molecular weight excluding hydrogens is 226 g/mol. The van der Waals surface area contributed by atoms with Crippen LogP contribution in [-0.4, -0.2) is 38.2 Å². The number of hydrogen-bond acceptors (Lipinski definition) is 4. The predicted octanol–water partition coefficient (Wildman–Crippen LogP) is 0.547. The summed E-state index contributed by atoms with van der Waals surface area (Å²) in [7, 11) is -2.99. The summed E-state index contributed by atoms with van der Waals surface area (Å²) >= 11 is 0. The van der Waals surface area contributed by atoms with Gasteiger partial charge in [0.2, 0.25) is 0 Å². The first-order valence-corrected chi connectivity index (χ1v) is 7.75. The van der Waals surface area contributed by atoms with Crippen LogP contribution in [0.5, 0.6) is 0 Å². The van der Waals surface area contributed by atoms with Crippen LogP contribution in [0.4, 0.5) is 0 Å². The second-order valence-corrected chi connectivity index (χ2v) is 8.10. The SMILES string of the molecule is CC1(C)CCC(CN)(CCS(C)(=O)=O)C1O. The lowest BCUT2D eigenvalue weighted by molar-refractivity contribution is -0.00624. The van der Waals surface area contributed by atoms with E-state index in [-0.39, 0.29) is 11.2 Å². The van der Waals surface area contributed by atoms with Gasteiger partial charge >= 0.3 is 0 Å². The Morgan fingerprint density at radius 3 is 2.25 bits per heavy atom. The van der Waals surface area contributed by atoms with Crippen LogP contribution < -0.4 is 5.73 Å². The molecule has 3 N–H and O–H groups in total. The van der Waals surface area contributed by atoms with Crippen molar-refractivity contribution in [2.45, 2.75) is 39.2 Å². The average molecular weight is 249 g/mol. The number of aliphatic hydroxyl groups is 1. The molecule has 1 fully saturated rings. The van der Waals surface area contributed by atoms with Crippen molar-refractivity contribution in [2.24, 2.45) is 16.6 Å². The fraction of sp³-hybridized carbons (Fsp3) is 1.00. The normalized spacial score (nSPS) is 34.2. The molecule has 5 heteroatoms. The monoisotopic (exact) mass is 249 g/mol. The average Bonchev–Trinajstić information content (AvgIpc) is 2.38. The first-order valence-electron chi connectivity index (χ1n) is 5.69. The molecule has 1 aliphatic carbocycles. The third-order valence-electron chi connectivity index (χ3n) is 3.96. The van der Waals surface area contributed by atoms with E-state index >= 15 is 0 Å². The van der Waals surface area contributed by atoms with Crippen molar-refractivity contribution in [3.63, 3.8) is 0 Å². The standard InChI is InChI=1S/C11H23NO3S/c1-10(2)4-5-11(8-12,9(10)13)6-7-16(3,14)15/h9,13H,4-8,12H2,1-3H3. The summed E-state index contributed by atoms with van der Waals surface area (Å²) < 4.78 is 22.4. The summed E-state index contributed by atoms with van der Waals surface area (Å²) in [6.45, 7) is 4.37. The van der Waals surface area contributed by atoms with Crippen LogP contribution in [0.2, 0.25) is 0 Å². The van der Waals surface area contributed by atoms with Crippen molar-refractivity contribution in [1.82, 2.24) is 0 Å². The highest BCUT2D eigenvalue weighted by atomic mass is 32.2. The lowest BCUT2D eigenvalue weighted by Gasteiger charge is -2.35. The first kappa shape index (κ1) is 13.9. The molecule has 0 bridgehead atoms. The van der Waals surface area contributed by atoms with Gasteiger partial charge in [0.15, 0.2) is 0 Å². The zero-order chi connectivity index (χ0) is 12.6. The summed E-state index contributed by atoms with van der Waals surface area (Å²) in [4.78, 5) is 0. The Kier molecular flexibility index (Phi) is 3.72. The molecule has 2 atom stereocenters. The molecular formula is C11H23NO3S. The topological polar surface area (TPSA) is 80.4 Å². The van der Waals surface area contributed by atoms with Crippen LogP contribution in [0.15, 0.2) is 0 Å². The van der Waals surface area contributed by atoms with Gasteiger partial charge in [-0.3, -0.25) is 0 Å². The van der Waals surface area contributed by atoms with Crippen molar-refractivity contribution < 1.29 is 13.5 Å². The third-order valence-corrected chi connectivity index (χ3v) is 4.91. The highest BCUT2D eigenvalue weighted by Crippen LogP contribution is 2.50. The molecule has 0 radical (unpaired) electrons. The van der Waals surface area contributed by atoms with Crippen LogP contribution in [0.25, 0.3) is 0 Å². The van der Waals surface area contributed by atoms with Gasteiger partial charge in [-0.2, -0.15) is 0 Å². The van der Waals surface area contributed by atoms with Gasteiger partial charge in [0, 0.05) is 18.2 Å². The second kappa shape index (κ2) is 4.27. The van der Waals surface area contributed by atoms with E-state index < -0.39 is 21.4 Å². The van der Waals surface area contributed by atoms with E-state index in [1.54, 1.807) is 0 Å². The molecule has 0 aromatic rings. The molecule has 0 heterocycles. The molecule has 2 unspecified atom stereocenters. The molecule has 0 spiro atoms. The molecule has 4 nitrogen and oxygen atoms in total. The highest BCUT2D eigenvalue weighted by molar-refractivity contribution is 7.90. The summed E-state index contributed by atoms with van der Waals surface area (Å²) in [5.41, 5.74) is 5.19. The summed E-state index contributed by atoms with van der Waals surface area (Å²) in [5, 5.41) is 10.3. The highest BCUT2D eigenvalue weighted by Gasteiger charge is 2.50. The Balaban J connectivity index is 2.81. The van der Waals surface area contributed by atoms with Gasteiger partial charge in [-0.05, 0) is 24.7 Å². The molecule has 0 amide bonds. The van der Waals surface area contributed by atoms with Crippen LogP contribution in [-0.2, 0) is 9.84 Å². The predicted molar refractivity (Wildman–Crippen MR) is 64.8 cm³/mol. The maximum absolute atomic E-state index is 11.2. The van der Waals surface area contributed by atoms with Crippen molar-refractivity contribution in [3.05, 3.63) is 0 Å². The number of nitrogens with two attached hydrogens (primary N) is 1. The Morgan fingerprint density at radius 1 is 1.38 bits per heavy atom. The molecule has 1 saturated carbocycles. The molecule has 1 aliphatic rings. The van der Waals surface area contributed by atoms with Crippen molar-refractivity contribution in [1.29, 1.82) is 0 Å². The first-order chi connectivity index (χ1) is 7.13. The zero-order valence-electron chi connectivity index (χ0n) is 10.4. The fourth-order valence-electron chi connectivity index (χ4n) is 2.64. The second-order valence-electron chi connectivity index (χ2n) is 5.84. The van der Waals surface area contributed by atoms with Gasteiger partial charge in [0.1, 0.15) is 9.84 Å². The Morgan fingerprint density at radius 2 is 1.94 bits per heavy atom. The van der Waals surface area contributed by atoms with Crippen molar-refractivity contribution >= 4 is 9.84 Å².